The molecule has 3 N–H and O–H groups in total. The van der Waals surface area contributed by atoms with Gasteiger partial charge < -0.3 is 15.7 Å². The number of carbonyl (C=O) groups excluding carboxylic acids is 1. The fourth-order valence-electron chi connectivity index (χ4n) is 2.56. The van der Waals surface area contributed by atoms with Crippen molar-refractivity contribution in [1.82, 2.24) is 10.6 Å². The summed E-state index contributed by atoms with van der Waals surface area (Å²) in [4.78, 5) is 11.6. The first-order valence-corrected chi connectivity index (χ1v) is 6.39. The Balaban J connectivity index is 1.57. The smallest absolute Gasteiger partial charge is 0.220 e. The van der Waals surface area contributed by atoms with Gasteiger partial charge in [0.1, 0.15) is 0 Å². The highest BCUT2D eigenvalue weighted by Crippen LogP contribution is 2.26. The zero-order chi connectivity index (χ0) is 11.4. The molecular formula is C12H22N2O2. The summed E-state index contributed by atoms with van der Waals surface area (Å²) in [6.07, 6.45) is 4.60. The lowest BCUT2D eigenvalue weighted by Gasteiger charge is -2.31. The fourth-order valence-corrected chi connectivity index (χ4v) is 2.56. The van der Waals surface area contributed by atoms with Gasteiger partial charge in [0.2, 0.25) is 5.91 Å². The second-order valence-electron chi connectivity index (χ2n) is 5.21. The molecule has 1 atom stereocenters. The number of rotatable bonds is 4. The van der Waals surface area contributed by atoms with Gasteiger partial charge in [-0.25, -0.2) is 0 Å². The molecule has 0 bridgehead atoms. The van der Waals surface area contributed by atoms with E-state index >= 15 is 0 Å². The Morgan fingerprint density at radius 2 is 2.19 bits per heavy atom. The van der Waals surface area contributed by atoms with Crippen molar-refractivity contribution < 1.29 is 9.90 Å². The molecule has 16 heavy (non-hydrogen) atoms. The predicted molar refractivity (Wildman–Crippen MR) is 62.0 cm³/mol. The number of aliphatic hydroxyl groups is 1. The number of aliphatic hydroxyl groups excluding tert-OH is 1. The van der Waals surface area contributed by atoms with Crippen molar-refractivity contribution in [3.8, 4) is 0 Å². The highest BCUT2D eigenvalue weighted by Gasteiger charge is 2.27. The number of hydrogen-bond acceptors (Lipinski definition) is 3. The zero-order valence-electron chi connectivity index (χ0n) is 9.74. The second kappa shape index (κ2) is 5.64. The third-order valence-electron chi connectivity index (χ3n) is 3.67. The molecule has 4 heteroatoms. The van der Waals surface area contributed by atoms with Crippen LogP contribution in [0.3, 0.4) is 0 Å². The molecule has 0 aromatic rings. The number of carbonyl (C=O) groups is 1. The molecule has 1 saturated carbocycles. The molecule has 0 radical (unpaired) electrons. The van der Waals surface area contributed by atoms with Gasteiger partial charge in [-0.3, -0.25) is 4.79 Å². The SMILES string of the molecule is O=C(CC1CCCNC1)NCC1CC(O)C1. The minimum atomic E-state index is -0.121. The third kappa shape index (κ3) is 3.46. The normalized spacial score (nSPS) is 34.2. The summed E-state index contributed by atoms with van der Waals surface area (Å²) in [5.41, 5.74) is 0. The van der Waals surface area contributed by atoms with Gasteiger partial charge in [0.25, 0.3) is 0 Å². The third-order valence-corrected chi connectivity index (χ3v) is 3.67. The van der Waals surface area contributed by atoms with Crippen molar-refractivity contribution in [2.24, 2.45) is 11.8 Å². The van der Waals surface area contributed by atoms with E-state index in [0.29, 0.717) is 18.3 Å². The Labute approximate surface area is 96.8 Å². The number of amides is 1. The van der Waals surface area contributed by atoms with Crippen LogP contribution >= 0.6 is 0 Å². The van der Waals surface area contributed by atoms with Crippen LogP contribution in [0.1, 0.15) is 32.1 Å². The van der Waals surface area contributed by atoms with Crippen LogP contribution in [0, 0.1) is 11.8 Å². The molecule has 0 aromatic carbocycles. The molecule has 1 unspecified atom stereocenters. The first kappa shape index (κ1) is 11.9. The highest BCUT2D eigenvalue weighted by atomic mass is 16.3. The van der Waals surface area contributed by atoms with Gasteiger partial charge in [0.05, 0.1) is 6.10 Å². The van der Waals surface area contributed by atoms with E-state index in [1.165, 1.54) is 12.8 Å². The van der Waals surface area contributed by atoms with Crippen LogP contribution < -0.4 is 10.6 Å². The van der Waals surface area contributed by atoms with Crippen molar-refractivity contribution >= 4 is 5.91 Å². The van der Waals surface area contributed by atoms with Crippen molar-refractivity contribution in [3.05, 3.63) is 0 Å². The first-order chi connectivity index (χ1) is 7.74. The molecule has 0 aromatic heterocycles. The Morgan fingerprint density at radius 3 is 2.81 bits per heavy atom. The quantitative estimate of drug-likeness (QED) is 0.644. The Hall–Kier alpha value is -0.610. The van der Waals surface area contributed by atoms with E-state index in [1.54, 1.807) is 0 Å². The Kier molecular flexibility index (Phi) is 4.18. The highest BCUT2D eigenvalue weighted by molar-refractivity contribution is 5.76. The topological polar surface area (TPSA) is 61.4 Å². The molecule has 2 aliphatic rings. The summed E-state index contributed by atoms with van der Waals surface area (Å²) in [6.45, 7) is 2.82. The van der Waals surface area contributed by atoms with Crippen molar-refractivity contribution in [3.63, 3.8) is 0 Å². The lowest BCUT2D eigenvalue weighted by atomic mass is 9.82. The average Bonchev–Trinajstić information content (AvgIpc) is 2.24. The summed E-state index contributed by atoms with van der Waals surface area (Å²) in [6, 6.07) is 0. The van der Waals surface area contributed by atoms with Crippen LogP contribution in [-0.2, 0) is 4.79 Å². The average molecular weight is 226 g/mol. The van der Waals surface area contributed by atoms with Crippen LogP contribution in [0.2, 0.25) is 0 Å². The number of piperidine rings is 1. The minimum absolute atomic E-state index is 0.121. The fraction of sp³-hybridized carbons (Fsp3) is 0.917. The van der Waals surface area contributed by atoms with Gasteiger partial charge in [-0.2, -0.15) is 0 Å². The van der Waals surface area contributed by atoms with E-state index in [-0.39, 0.29) is 12.0 Å². The summed E-state index contributed by atoms with van der Waals surface area (Å²) in [7, 11) is 0. The molecule has 92 valence electrons. The summed E-state index contributed by atoms with van der Waals surface area (Å²) >= 11 is 0. The Bertz CT molecular complexity index is 233. The van der Waals surface area contributed by atoms with Gasteiger partial charge in [-0.05, 0) is 50.6 Å². The minimum Gasteiger partial charge on any atom is -0.393 e. The maximum Gasteiger partial charge on any atom is 0.220 e. The number of hydrogen-bond donors (Lipinski definition) is 3. The van der Waals surface area contributed by atoms with Crippen LogP contribution in [0.4, 0.5) is 0 Å². The van der Waals surface area contributed by atoms with E-state index in [4.69, 9.17) is 5.11 Å². The van der Waals surface area contributed by atoms with Gasteiger partial charge in [-0.15, -0.1) is 0 Å². The molecule has 1 amide bonds. The summed E-state index contributed by atoms with van der Waals surface area (Å²) < 4.78 is 0. The van der Waals surface area contributed by atoms with Gasteiger partial charge in [-0.1, -0.05) is 0 Å². The molecule has 1 saturated heterocycles. The maximum atomic E-state index is 11.6. The van der Waals surface area contributed by atoms with Gasteiger partial charge >= 0.3 is 0 Å². The van der Waals surface area contributed by atoms with Gasteiger partial charge in [0, 0.05) is 13.0 Å². The van der Waals surface area contributed by atoms with Crippen LogP contribution in [0.25, 0.3) is 0 Å². The molecule has 2 fully saturated rings. The van der Waals surface area contributed by atoms with Crippen molar-refractivity contribution in [2.45, 2.75) is 38.2 Å². The standard InChI is InChI=1S/C12H22N2O2/c15-11-4-10(5-11)8-14-12(16)6-9-2-1-3-13-7-9/h9-11,13,15H,1-8H2,(H,14,16). The van der Waals surface area contributed by atoms with Crippen molar-refractivity contribution in [2.75, 3.05) is 19.6 Å². The van der Waals surface area contributed by atoms with Crippen LogP contribution in [0.5, 0.6) is 0 Å². The summed E-state index contributed by atoms with van der Waals surface area (Å²) in [5, 5.41) is 15.4. The van der Waals surface area contributed by atoms with E-state index in [1.807, 2.05) is 0 Å². The molecule has 1 aliphatic heterocycles. The largest absolute Gasteiger partial charge is 0.393 e. The van der Waals surface area contributed by atoms with E-state index < -0.39 is 0 Å². The predicted octanol–water partition coefficient (Wildman–Crippen LogP) is 0.263. The molecule has 1 aliphatic carbocycles. The lowest BCUT2D eigenvalue weighted by Crippen LogP contribution is -2.40. The zero-order valence-corrected chi connectivity index (χ0v) is 9.74. The van der Waals surface area contributed by atoms with E-state index in [9.17, 15) is 4.79 Å². The Morgan fingerprint density at radius 1 is 1.38 bits per heavy atom. The molecule has 0 spiro atoms. The maximum absolute atomic E-state index is 11.6. The molecule has 4 nitrogen and oxygen atoms in total. The molecule has 1 heterocycles. The van der Waals surface area contributed by atoms with Crippen LogP contribution in [-0.4, -0.2) is 36.8 Å². The van der Waals surface area contributed by atoms with E-state index in [2.05, 4.69) is 10.6 Å². The second-order valence-corrected chi connectivity index (χ2v) is 5.21. The van der Waals surface area contributed by atoms with Crippen LogP contribution in [0.15, 0.2) is 0 Å². The summed E-state index contributed by atoms with van der Waals surface area (Å²) in [5.74, 6) is 1.19. The lowest BCUT2D eigenvalue weighted by molar-refractivity contribution is -0.122. The van der Waals surface area contributed by atoms with E-state index in [0.717, 1.165) is 32.5 Å². The van der Waals surface area contributed by atoms with Crippen molar-refractivity contribution in [1.29, 1.82) is 0 Å². The first-order valence-electron chi connectivity index (χ1n) is 6.39. The monoisotopic (exact) mass is 226 g/mol. The number of nitrogens with one attached hydrogen (secondary N) is 2. The molecular weight excluding hydrogens is 204 g/mol. The van der Waals surface area contributed by atoms with Gasteiger partial charge in [0.15, 0.2) is 0 Å². The molecule has 2 rings (SSSR count).